The molecular formula is C12H17NO2. The quantitative estimate of drug-likeness (QED) is 0.823. The zero-order valence-electron chi connectivity index (χ0n) is 9.30. The van der Waals surface area contributed by atoms with Crippen molar-refractivity contribution >= 4 is 0 Å². The molecule has 1 aromatic carbocycles. The van der Waals surface area contributed by atoms with Crippen molar-refractivity contribution in [2.45, 2.75) is 26.7 Å². The average Bonchev–Trinajstić information content (AvgIpc) is 2.66. The molecule has 1 aliphatic heterocycles. The fourth-order valence-corrected chi connectivity index (χ4v) is 1.92. The molecule has 0 spiro atoms. The maximum absolute atomic E-state index is 5.54. The van der Waals surface area contributed by atoms with E-state index in [1.807, 2.05) is 6.07 Å². The highest BCUT2D eigenvalue weighted by molar-refractivity contribution is 5.55. The van der Waals surface area contributed by atoms with Gasteiger partial charge < -0.3 is 15.2 Å². The fraction of sp³-hybridized carbons (Fsp3) is 0.500. The van der Waals surface area contributed by atoms with Gasteiger partial charge in [-0.05, 0) is 50.4 Å². The molecule has 0 radical (unpaired) electrons. The number of hydrogen-bond donors (Lipinski definition) is 1. The van der Waals surface area contributed by atoms with Gasteiger partial charge >= 0.3 is 0 Å². The molecule has 0 bridgehead atoms. The maximum atomic E-state index is 5.54. The van der Waals surface area contributed by atoms with Crippen LogP contribution in [0.4, 0.5) is 0 Å². The molecule has 0 aliphatic carbocycles. The Morgan fingerprint density at radius 2 is 2.13 bits per heavy atom. The highest BCUT2D eigenvalue weighted by Gasteiger charge is 2.20. The van der Waals surface area contributed by atoms with Crippen LogP contribution in [0.2, 0.25) is 0 Å². The first-order valence-electron chi connectivity index (χ1n) is 5.32. The van der Waals surface area contributed by atoms with Gasteiger partial charge in [-0.2, -0.15) is 0 Å². The van der Waals surface area contributed by atoms with Crippen LogP contribution in [0.3, 0.4) is 0 Å². The van der Waals surface area contributed by atoms with Crippen LogP contribution in [-0.4, -0.2) is 13.3 Å². The van der Waals surface area contributed by atoms with Gasteiger partial charge in [0.25, 0.3) is 0 Å². The Bertz CT molecular complexity index is 374. The minimum Gasteiger partial charge on any atom is -0.454 e. The minimum absolute atomic E-state index is 0.341. The number of hydrogen-bond acceptors (Lipinski definition) is 3. The van der Waals surface area contributed by atoms with Crippen molar-refractivity contribution in [2.75, 3.05) is 13.3 Å². The Kier molecular flexibility index (Phi) is 2.82. The van der Waals surface area contributed by atoms with E-state index in [0.717, 1.165) is 24.3 Å². The summed E-state index contributed by atoms with van der Waals surface area (Å²) in [7, 11) is 0. The molecule has 82 valence electrons. The van der Waals surface area contributed by atoms with Crippen molar-refractivity contribution < 1.29 is 9.47 Å². The lowest BCUT2D eigenvalue weighted by Gasteiger charge is -2.11. The first-order valence-corrected chi connectivity index (χ1v) is 5.32. The van der Waals surface area contributed by atoms with Crippen LogP contribution < -0.4 is 15.2 Å². The van der Waals surface area contributed by atoms with Crippen LogP contribution >= 0.6 is 0 Å². The highest BCUT2D eigenvalue weighted by atomic mass is 16.7. The van der Waals surface area contributed by atoms with Gasteiger partial charge in [0.2, 0.25) is 6.79 Å². The SMILES string of the molecule is Cc1cc2c(c(CCCN)c1C)OCO2. The van der Waals surface area contributed by atoms with Gasteiger partial charge in [0.1, 0.15) is 0 Å². The molecule has 3 nitrogen and oxygen atoms in total. The van der Waals surface area contributed by atoms with Gasteiger partial charge in [0, 0.05) is 5.56 Å². The van der Waals surface area contributed by atoms with E-state index < -0.39 is 0 Å². The first-order chi connectivity index (χ1) is 7.24. The summed E-state index contributed by atoms with van der Waals surface area (Å²) in [4.78, 5) is 0. The van der Waals surface area contributed by atoms with E-state index in [0.29, 0.717) is 13.3 Å². The summed E-state index contributed by atoms with van der Waals surface area (Å²) in [5.41, 5.74) is 9.35. The van der Waals surface area contributed by atoms with E-state index in [9.17, 15) is 0 Å². The summed E-state index contributed by atoms with van der Waals surface area (Å²) in [6.07, 6.45) is 1.95. The van der Waals surface area contributed by atoms with Crippen LogP contribution in [0, 0.1) is 13.8 Å². The summed E-state index contributed by atoms with van der Waals surface area (Å²) >= 11 is 0. The van der Waals surface area contributed by atoms with E-state index >= 15 is 0 Å². The molecule has 2 rings (SSSR count). The molecule has 0 amide bonds. The molecule has 1 heterocycles. The molecule has 0 unspecified atom stereocenters. The zero-order valence-corrected chi connectivity index (χ0v) is 9.30. The lowest BCUT2D eigenvalue weighted by Crippen LogP contribution is -2.03. The predicted octanol–water partition coefficient (Wildman–Crippen LogP) is 1.92. The monoisotopic (exact) mass is 207 g/mol. The highest BCUT2D eigenvalue weighted by Crippen LogP contribution is 2.39. The third kappa shape index (κ3) is 1.79. The molecule has 3 heteroatoms. The van der Waals surface area contributed by atoms with Gasteiger partial charge in [-0.3, -0.25) is 0 Å². The largest absolute Gasteiger partial charge is 0.454 e. The summed E-state index contributed by atoms with van der Waals surface area (Å²) in [5.74, 6) is 1.80. The second kappa shape index (κ2) is 4.11. The number of ether oxygens (including phenoxy) is 2. The standard InChI is InChI=1S/C12H17NO2/c1-8-6-11-12(15-7-14-11)10(9(8)2)4-3-5-13/h6H,3-5,7,13H2,1-2H3. The van der Waals surface area contributed by atoms with Gasteiger partial charge in [-0.15, -0.1) is 0 Å². The van der Waals surface area contributed by atoms with Gasteiger partial charge in [-0.1, -0.05) is 0 Å². The normalized spacial score (nSPS) is 13.3. The first kappa shape index (κ1) is 10.3. The van der Waals surface area contributed by atoms with Crippen molar-refractivity contribution in [3.63, 3.8) is 0 Å². The lowest BCUT2D eigenvalue weighted by molar-refractivity contribution is 0.173. The molecule has 1 aromatic rings. The molecule has 0 atom stereocenters. The Morgan fingerprint density at radius 3 is 2.87 bits per heavy atom. The third-order valence-corrected chi connectivity index (χ3v) is 2.94. The molecular weight excluding hydrogens is 190 g/mol. The fourth-order valence-electron chi connectivity index (χ4n) is 1.92. The Labute approximate surface area is 90.2 Å². The Balaban J connectivity index is 2.41. The summed E-state index contributed by atoms with van der Waals surface area (Å²) in [5, 5.41) is 0. The smallest absolute Gasteiger partial charge is 0.231 e. The predicted molar refractivity (Wildman–Crippen MR) is 59.4 cm³/mol. The topological polar surface area (TPSA) is 44.5 Å². The van der Waals surface area contributed by atoms with Crippen LogP contribution in [-0.2, 0) is 6.42 Å². The summed E-state index contributed by atoms with van der Waals surface area (Å²) < 4.78 is 10.9. The second-order valence-electron chi connectivity index (χ2n) is 3.92. The number of fused-ring (bicyclic) bond motifs is 1. The maximum Gasteiger partial charge on any atom is 0.231 e. The average molecular weight is 207 g/mol. The van der Waals surface area contributed by atoms with E-state index in [1.165, 1.54) is 16.7 Å². The van der Waals surface area contributed by atoms with E-state index in [4.69, 9.17) is 15.2 Å². The molecule has 0 saturated heterocycles. The molecule has 0 saturated carbocycles. The number of nitrogens with two attached hydrogens (primary N) is 1. The summed E-state index contributed by atoms with van der Waals surface area (Å²) in [6, 6.07) is 2.05. The van der Waals surface area contributed by atoms with Crippen molar-refractivity contribution in [2.24, 2.45) is 5.73 Å². The summed E-state index contributed by atoms with van der Waals surface area (Å²) in [6.45, 7) is 5.28. The van der Waals surface area contributed by atoms with E-state index in [-0.39, 0.29) is 0 Å². The van der Waals surface area contributed by atoms with E-state index in [1.54, 1.807) is 0 Å². The zero-order chi connectivity index (χ0) is 10.8. The number of rotatable bonds is 3. The Morgan fingerprint density at radius 1 is 1.33 bits per heavy atom. The van der Waals surface area contributed by atoms with Crippen LogP contribution in [0.25, 0.3) is 0 Å². The van der Waals surface area contributed by atoms with Crippen molar-refractivity contribution in [1.29, 1.82) is 0 Å². The lowest BCUT2D eigenvalue weighted by atomic mass is 9.98. The minimum atomic E-state index is 0.341. The van der Waals surface area contributed by atoms with Crippen molar-refractivity contribution in [3.05, 3.63) is 22.8 Å². The van der Waals surface area contributed by atoms with Crippen molar-refractivity contribution in [3.8, 4) is 11.5 Å². The van der Waals surface area contributed by atoms with E-state index in [2.05, 4.69) is 13.8 Å². The molecule has 0 aromatic heterocycles. The number of aryl methyl sites for hydroxylation is 1. The van der Waals surface area contributed by atoms with Crippen molar-refractivity contribution in [1.82, 2.24) is 0 Å². The Hall–Kier alpha value is -1.22. The third-order valence-electron chi connectivity index (χ3n) is 2.94. The van der Waals surface area contributed by atoms with Gasteiger partial charge in [0.05, 0.1) is 0 Å². The van der Waals surface area contributed by atoms with Crippen LogP contribution in [0.15, 0.2) is 6.07 Å². The molecule has 0 fully saturated rings. The van der Waals surface area contributed by atoms with Gasteiger partial charge in [0.15, 0.2) is 11.5 Å². The second-order valence-corrected chi connectivity index (χ2v) is 3.92. The molecule has 1 aliphatic rings. The van der Waals surface area contributed by atoms with Gasteiger partial charge in [-0.25, -0.2) is 0 Å². The van der Waals surface area contributed by atoms with Crippen LogP contribution in [0.1, 0.15) is 23.1 Å². The number of benzene rings is 1. The van der Waals surface area contributed by atoms with Crippen LogP contribution in [0.5, 0.6) is 11.5 Å². The molecule has 15 heavy (non-hydrogen) atoms. The molecule has 2 N–H and O–H groups in total.